The molecule has 152 valence electrons. The number of benzene rings is 2. The third-order valence-corrected chi connectivity index (χ3v) is 4.98. The molecule has 0 bridgehead atoms. The van der Waals surface area contributed by atoms with E-state index in [9.17, 15) is 0 Å². The Labute approximate surface area is 167 Å². The topological polar surface area (TPSA) is 46.2 Å². The molecule has 28 heavy (non-hydrogen) atoms. The smallest absolute Gasteiger partial charge is 0.184 e. The number of rotatable bonds is 9. The van der Waals surface area contributed by atoms with Gasteiger partial charge in [0.25, 0.3) is 0 Å². The van der Waals surface area contributed by atoms with Crippen LogP contribution in [0.15, 0.2) is 48.5 Å². The maximum Gasteiger partial charge on any atom is 0.184 e. The SMILES string of the molecule is CCCC[C@H]1O[C@H](c2ccc(OC)cc2)OC[C@@H]1OCc1ccc(OC)cc1. The summed E-state index contributed by atoms with van der Waals surface area (Å²) >= 11 is 0. The molecule has 0 N–H and O–H groups in total. The molecule has 3 rings (SSSR count). The summed E-state index contributed by atoms with van der Waals surface area (Å²) < 4.78 is 28.8. The molecule has 1 fully saturated rings. The van der Waals surface area contributed by atoms with Crippen molar-refractivity contribution in [3.8, 4) is 11.5 Å². The molecule has 0 unspecified atom stereocenters. The Hall–Kier alpha value is -2.08. The highest BCUT2D eigenvalue weighted by Gasteiger charge is 2.33. The lowest BCUT2D eigenvalue weighted by molar-refractivity contribution is -0.269. The minimum atomic E-state index is -0.367. The normalized spacial score (nSPS) is 22.0. The molecule has 3 atom stereocenters. The van der Waals surface area contributed by atoms with Crippen LogP contribution in [0.25, 0.3) is 0 Å². The van der Waals surface area contributed by atoms with Crippen molar-refractivity contribution < 1.29 is 23.7 Å². The standard InChI is InChI=1S/C23H30O5/c1-4-5-6-21-22(26-15-17-7-11-19(24-2)12-8-17)16-27-23(28-21)18-9-13-20(25-3)14-10-18/h7-14,21-23H,4-6,15-16H2,1-3H3/t21-,22+,23-/m1/s1. The van der Waals surface area contributed by atoms with Crippen molar-refractivity contribution in [3.63, 3.8) is 0 Å². The van der Waals surface area contributed by atoms with E-state index in [1.54, 1.807) is 14.2 Å². The second-order valence-electron chi connectivity index (χ2n) is 6.95. The lowest BCUT2D eigenvalue weighted by Crippen LogP contribution is -2.42. The molecule has 1 aliphatic rings. The Kier molecular flexibility index (Phi) is 7.71. The van der Waals surface area contributed by atoms with Crippen LogP contribution in [-0.2, 0) is 20.8 Å². The van der Waals surface area contributed by atoms with Gasteiger partial charge in [-0.3, -0.25) is 0 Å². The molecule has 2 aromatic rings. The van der Waals surface area contributed by atoms with Crippen molar-refractivity contribution in [1.29, 1.82) is 0 Å². The average molecular weight is 386 g/mol. The van der Waals surface area contributed by atoms with E-state index in [0.29, 0.717) is 13.2 Å². The van der Waals surface area contributed by atoms with E-state index >= 15 is 0 Å². The minimum Gasteiger partial charge on any atom is -0.497 e. The quantitative estimate of drug-likeness (QED) is 0.614. The number of methoxy groups -OCH3 is 2. The van der Waals surface area contributed by atoms with Crippen LogP contribution in [0.5, 0.6) is 11.5 Å². The predicted molar refractivity (Wildman–Crippen MR) is 108 cm³/mol. The summed E-state index contributed by atoms with van der Waals surface area (Å²) in [6.07, 6.45) is 2.75. The number of ether oxygens (including phenoxy) is 5. The van der Waals surface area contributed by atoms with Crippen LogP contribution in [0.2, 0.25) is 0 Å². The zero-order valence-electron chi connectivity index (χ0n) is 16.9. The summed E-state index contributed by atoms with van der Waals surface area (Å²) in [6.45, 7) is 3.23. The molecule has 5 heteroatoms. The van der Waals surface area contributed by atoms with Gasteiger partial charge in [-0.25, -0.2) is 0 Å². The van der Waals surface area contributed by atoms with Gasteiger partial charge in [-0.05, 0) is 36.2 Å². The summed E-state index contributed by atoms with van der Waals surface area (Å²) in [7, 11) is 3.33. The first-order chi connectivity index (χ1) is 13.7. The second kappa shape index (κ2) is 10.5. The van der Waals surface area contributed by atoms with Crippen molar-refractivity contribution >= 4 is 0 Å². The minimum absolute atomic E-state index is 0.0130. The summed E-state index contributed by atoms with van der Waals surface area (Å²) in [5.41, 5.74) is 2.10. The van der Waals surface area contributed by atoms with Gasteiger partial charge in [0.2, 0.25) is 0 Å². The average Bonchev–Trinajstić information content (AvgIpc) is 2.77. The Balaban J connectivity index is 1.60. The van der Waals surface area contributed by atoms with Crippen LogP contribution >= 0.6 is 0 Å². The molecule has 0 spiro atoms. The molecule has 0 aromatic heterocycles. The molecule has 0 amide bonds. The highest BCUT2D eigenvalue weighted by atomic mass is 16.7. The van der Waals surface area contributed by atoms with Crippen molar-refractivity contribution in [2.75, 3.05) is 20.8 Å². The highest BCUT2D eigenvalue weighted by molar-refractivity contribution is 5.28. The van der Waals surface area contributed by atoms with E-state index in [1.807, 2.05) is 48.5 Å². The van der Waals surface area contributed by atoms with Crippen LogP contribution in [0.3, 0.4) is 0 Å². The van der Waals surface area contributed by atoms with Gasteiger partial charge < -0.3 is 23.7 Å². The third-order valence-electron chi connectivity index (χ3n) is 4.98. The number of unbranched alkanes of at least 4 members (excludes halogenated alkanes) is 1. The highest BCUT2D eigenvalue weighted by Crippen LogP contribution is 2.31. The van der Waals surface area contributed by atoms with Crippen LogP contribution in [0.4, 0.5) is 0 Å². The largest absolute Gasteiger partial charge is 0.497 e. The second-order valence-corrected chi connectivity index (χ2v) is 6.95. The van der Waals surface area contributed by atoms with Gasteiger partial charge in [-0.15, -0.1) is 0 Å². The molecule has 2 aromatic carbocycles. The van der Waals surface area contributed by atoms with Gasteiger partial charge in [0.15, 0.2) is 6.29 Å². The van der Waals surface area contributed by atoms with Crippen molar-refractivity contribution in [3.05, 3.63) is 59.7 Å². The number of hydrogen-bond acceptors (Lipinski definition) is 5. The molecule has 1 saturated heterocycles. The maximum atomic E-state index is 6.28. The van der Waals surface area contributed by atoms with E-state index in [1.165, 1.54) is 0 Å². The Morgan fingerprint density at radius 1 is 0.929 bits per heavy atom. The van der Waals surface area contributed by atoms with E-state index in [2.05, 4.69) is 6.92 Å². The van der Waals surface area contributed by atoms with Crippen molar-refractivity contribution in [1.82, 2.24) is 0 Å². The Bertz CT molecular complexity index is 698. The molecule has 0 saturated carbocycles. The van der Waals surface area contributed by atoms with E-state index < -0.39 is 0 Å². The fraction of sp³-hybridized carbons (Fsp3) is 0.478. The maximum absolute atomic E-state index is 6.28. The molecule has 1 heterocycles. The van der Waals surface area contributed by atoms with Gasteiger partial charge in [0.1, 0.15) is 17.6 Å². The Morgan fingerprint density at radius 3 is 2.18 bits per heavy atom. The molecular weight excluding hydrogens is 356 g/mol. The molecule has 1 aliphatic heterocycles. The van der Waals surface area contributed by atoms with Gasteiger partial charge >= 0.3 is 0 Å². The molecule has 0 radical (unpaired) electrons. The first-order valence-electron chi connectivity index (χ1n) is 9.89. The lowest BCUT2D eigenvalue weighted by Gasteiger charge is -2.36. The van der Waals surface area contributed by atoms with Gasteiger partial charge in [-0.1, -0.05) is 44.0 Å². The van der Waals surface area contributed by atoms with Crippen LogP contribution in [-0.4, -0.2) is 33.0 Å². The zero-order valence-corrected chi connectivity index (χ0v) is 16.9. The summed E-state index contributed by atoms with van der Waals surface area (Å²) in [6, 6.07) is 15.7. The summed E-state index contributed by atoms with van der Waals surface area (Å²) in [5.74, 6) is 1.67. The Morgan fingerprint density at radius 2 is 1.57 bits per heavy atom. The monoisotopic (exact) mass is 386 g/mol. The molecular formula is C23H30O5. The van der Waals surface area contributed by atoms with Crippen molar-refractivity contribution in [2.45, 2.75) is 51.3 Å². The van der Waals surface area contributed by atoms with E-state index in [0.717, 1.165) is 41.9 Å². The van der Waals surface area contributed by atoms with Gasteiger partial charge in [0.05, 0.1) is 33.5 Å². The zero-order chi connectivity index (χ0) is 19.8. The van der Waals surface area contributed by atoms with Gasteiger partial charge in [0, 0.05) is 5.56 Å². The van der Waals surface area contributed by atoms with Gasteiger partial charge in [-0.2, -0.15) is 0 Å². The third kappa shape index (κ3) is 5.47. The van der Waals surface area contributed by atoms with Crippen LogP contribution < -0.4 is 9.47 Å². The van der Waals surface area contributed by atoms with Crippen LogP contribution in [0.1, 0.15) is 43.6 Å². The van der Waals surface area contributed by atoms with E-state index in [-0.39, 0.29) is 18.5 Å². The van der Waals surface area contributed by atoms with E-state index in [4.69, 9.17) is 23.7 Å². The molecule has 5 nitrogen and oxygen atoms in total. The van der Waals surface area contributed by atoms with Crippen molar-refractivity contribution in [2.24, 2.45) is 0 Å². The summed E-state index contributed by atoms with van der Waals surface area (Å²) in [4.78, 5) is 0. The first kappa shape index (κ1) is 20.6. The molecule has 0 aliphatic carbocycles. The fourth-order valence-corrected chi connectivity index (χ4v) is 3.25. The fourth-order valence-electron chi connectivity index (χ4n) is 3.25. The summed E-state index contributed by atoms with van der Waals surface area (Å²) in [5, 5.41) is 0. The lowest BCUT2D eigenvalue weighted by atomic mass is 10.1. The first-order valence-corrected chi connectivity index (χ1v) is 9.89. The van der Waals surface area contributed by atoms with Crippen LogP contribution in [0, 0.1) is 0 Å². The number of hydrogen-bond donors (Lipinski definition) is 0. The predicted octanol–water partition coefficient (Wildman–Crippen LogP) is 4.89.